The number of halogens is 3. The second kappa shape index (κ2) is 5.60. The van der Waals surface area contributed by atoms with E-state index in [1.54, 1.807) is 6.07 Å². The van der Waals surface area contributed by atoms with E-state index in [1.807, 2.05) is 0 Å². The fraction of sp³-hybridized carbons (Fsp3) is 0.462. The van der Waals surface area contributed by atoms with E-state index in [-0.39, 0.29) is 12.1 Å². The minimum absolute atomic E-state index is 0.277. The second-order valence-corrected chi connectivity index (χ2v) is 4.45. The topological polar surface area (TPSA) is 38.8 Å². The molecule has 1 aromatic carbocycles. The van der Waals surface area contributed by atoms with Gasteiger partial charge in [-0.25, -0.2) is 0 Å². The van der Waals surface area contributed by atoms with Crippen molar-refractivity contribution in [2.75, 3.05) is 26.8 Å². The summed E-state index contributed by atoms with van der Waals surface area (Å²) in [7, 11) is 1.34. The molecule has 0 aromatic heterocycles. The van der Waals surface area contributed by atoms with Crippen LogP contribution in [0.4, 0.5) is 13.2 Å². The molecular weight excluding hydrogens is 275 g/mol. The lowest BCUT2D eigenvalue weighted by molar-refractivity contribution is -0.136. The smallest absolute Gasteiger partial charge is 0.390 e. The molecule has 1 heterocycles. The van der Waals surface area contributed by atoms with E-state index in [0.717, 1.165) is 4.90 Å². The number of nitrogens with zero attached hydrogens (tertiary/aromatic N) is 1. The number of benzene rings is 1. The highest BCUT2D eigenvalue weighted by atomic mass is 19.4. The minimum Gasteiger partial charge on any atom is -0.486 e. The molecule has 2 rings (SSSR count). The van der Waals surface area contributed by atoms with Crippen LogP contribution >= 0.6 is 0 Å². The van der Waals surface area contributed by atoms with Crippen molar-refractivity contribution in [3.05, 3.63) is 23.8 Å². The van der Waals surface area contributed by atoms with Gasteiger partial charge in [-0.15, -0.1) is 0 Å². The van der Waals surface area contributed by atoms with Gasteiger partial charge < -0.3 is 14.4 Å². The Morgan fingerprint density at radius 2 is 1.90 bits per heavy atom. The Morgan fingerprint density at radius 3 is 2.55 bits per heavy atom. The van der Waals surface area contributed by atoms with E-state index >= 15 is 0 Å². The summed E-state index contributed by atoms with van der Waals surface area (Å²) in [5.74, 6) is 0.489. The van der Waals surface area contributed by atoms with Crippen LogP contribution in [0.1, 0.15) is 16.8 Å². The van der Waals surface area contributed by atoms with Crippen LogP contribution in [0.5, 0.6) is 11.5 Å². The van der Waals surface area contributed by atoms with Gasteiger partial charge in [0.25, 0.3) is 5.91 Å². The molecule has 0 radical (unpaired) electrons. The number of carbonyl (C=O) groups is 1. The lowest BCUT2D eigenvalue weighted by Crippen LogP contribution is -2.30. The number of hydrogen-bond acceptors (Lipinski definition) is 3. The zero-order valence-corrected chi connectivity index (χ0v) is 10.9. The molecule has 1 aliphatic heterocycles. The predicted octanol–water partition coefficient (Wildman–Crippen LogP) is 2.48. The summed E-state index contributed by atoms with van der Waals surface area (Å²) >= 11 is 0. The molecule has 1 aromatic rings. The van der Waals surface area contributed by atoms with Gasteiger partial charge in [0.15, 0.2) is 11.5 Å². The van der Waals surface area contributed by atoms with Crippen LogP contribution in [0.2, 0.25) is 0 Å². The number of ether oxygens (including phenoxy) is 2. The zero-order valence-electron chi connectivity index (χ0n) is 10.9. The molecular formula is C13H14F3NO3. The van der Waals surface area contributed by atoms with E-state index < -0.39 is 18.5 Å². The van der Waals surface area contributed by atoms with Crippen molar-refractivity contribution < 1.29 is 27.4 Å². The number of alkyl halides is 3. The molecule has 1 amide bonds. The molecule has 0 atom stereocenters. The molecule has 1 aliphatic rings. The largest absolute Gasteiger partial charge is 0.486 e. The first-order valence-electron chi connectivity index (χ1n) is 6.09. The van der Waals surface area contributed by atoms with Crippen molar-refractivity contribution >= 4 is 5.91 Å². The van der Waals surface area contributed by atoms with Crippen LogP contribution < -0.4 is 9.47 Å². The van der Waals surface area contributed by atoms with Gasteiger partial charge in [0, 0.05) is 19.2 Å². The van der Waals surface area contributed by atoms with Gasteiger partial charge in [-0.1, -0.05) is 0 Å². The third kappa shape index (κ3) is 3.55. The van der Waals surface area contributed by atoms with Gasteiger partial charge in [-0.05, 0) is 18.2 Å². The number of carbonyl (C=O) groups excluding carboxylic acids is 1. The fourth-order valence-corrected chi connectivity index (χ4v) is 1.79. The first kappa shape index (κ1) is 14.5. The van der Waals surface area contributed by atoms with Crippen molar-refractivity contribution in [3.8, 4) is 11.5 Å². The van der Waals surface area contributed by atoms with Gasteiger partial charge >= 0.3 is 6.18 Å². The molecule has 110 valence electrons. The van der Waals surface area contributed by atoms with Crippen LogP contribution in [0, 0.1) is 0 Å². The number of amides is 1. The summed E-state index contributed by atoms with van der Waals surface area (Å²) in [6.45, 7) is 0.442. The third-order valence-electron chi connectivity index (χ3n) is 2.87. The predicted molar refractivity (Wildman–Crippen MR) is 65.1 cm³/mol. The third-order valence-corrected chi connectivity index (χ3v) is 2.87. The fourth-order valence-electron chi connectivity index (χ4n) is 1.79. The molecule has 0 unspecified atom stereocenters. The van der Waals surface area contributed by atoms with Gasteiger partial charge in [-0.3, -0.25) is 4.79 Å². The van der Waals surface area contributed by atoms with E-state index in [4.69, 9.17) is 9.47 Å². The summed E-state index contributed by atoms with van der Waals surface area (Å²) in [6.07, 6.45) is -5.30. The summed E-state index contributed by atoms with van der Waals surface area (Å²) in [6, 6.07) is 4.58. The average Bonchev–Trinajstić information content (AvgIpc) is 2.42. The van der Waals surface area contributed by atoms with Crippen molar-refractivity contribution in [2.45, 2.75) is 12.6 Å². The minimum atomic E-state index is -4.28. The lowest BCUT2D eigenvalue weighted by atomic mass is 10.1. The molecule has 0 N–H and O–H groups in total. The van der Waals surface area contributed by atoms with Crippen LogP contribution in [0.25, 0.3) is 0 Å². The highest BCUT2D eigenvalue weighted by Crippen LogP contribution is 2.31. The Hall–Kier alpha value is -1.92. The first-order chi connectivity index (χ1) is 9.37. The van der Waals surface area contributed by atoms with Crippen LogP contribution in [0.3, 0.4) is 0 Å². The Labute approximate surface area is 114 Å². The Balaban J connectivity index is 2.05. The van der Waals surface area contributed by atoms with E-state index in [0.29, 0.717) is 24.7 Å². The van der Waals surface area contributed by atoms with Gasteiger partial charge in [0.05, 0.1) is 6.42 Å². The number of hydrogen-bond donors (Lipinski definition) is 0. The highest BCUT2D eigenvalue weighted by molar-refractivity contribution is 5.94. The summed E-state index contributed by atoms with van der Waals surface area (Å²) in [5.41, 5.74) is 0.277. The maximum atomic E-state index is 12.1. The Kier molecular flexibility index (Phi) is 4.06. The van der Waals surface area contributed by atoms with Crippen molar-refractivity contribution in [1.29, 1.82) is 0 Å². The molecule has 0 fully saturated rings. The van der Waals surface area contributed by atoms with Gasteiger partial charge in [-0.2, -0.15) is 13.2 Å². The maximum absolute atomic E-state index is 12.1. The standard InChI is InChI=1S/C13H14F3NO3/c1-17(5-4-13(14,15)16)12(18)9-2-3-10-11(8-9)20-7-6-19-10/h2-3,8H,4-7H2,1H3. The van der Waals surface area contributed by atoms with E-state index in [9.17, 15) is 18.0 Å². The summed E-state index contributed by atoms with van der Waals surface area (Å²) < 4.78 is 47.0. The monoisotopic (exact) mass is 289 g/mol. The van der Waals surface area contributed by atoms with Gasteiger partial charge in [0.1, 0.15) is 13.2 Å². The van der Waals surface area contributed by atoms with E-state index in [1.165, 1.54) is 19.2 Å². The van der Waals surface area contributed by atoms with Crippen molar-refractivity contribution in [2.24, 2.45) is 0 Å². The highest BCUT2D eigenvalue weighted by Gasteiger charge is 2.28. The molecule has 7 heteroatoms. The normalized spacial score (nSPS) is 14.0. The number of rotatable bonds is 3. The maximum Gasteiger partial charge on any atom is 0.390 e. The SMILES string of the molecule is CN(CCC(F)(F)F)C(=O)c1ccc2c(c1)OCCO2. The summed E-state index contributed by atoms with van der Waals surface area (Å²) in [5, 5.41) is 0. The molecule has 0 saturated heterocycles. The molecule has 0 saturated carbocycles. The molecule has 0 spiro atoms. The van der Waals surface area contributed by atoms with Crippen molar-refractivity contribution in [3.63, 3.8) is 0 Å². The average molecular weight is 289 g/mol. The quantitative estimate of drug-likeness (QED) is 0.858. The second-order valence-electron chi connectivity index (χ2n) is 4.45. The van der Waals surface area contributed by atoms with Crippen LogP contribution in [-0.2, 0) is 0 Å². The first-order valence-corrected chi connectivity index (χ1v) is 6.09. The lowest BCUT2D eigenvalue weighted by Gasteiger charge is -2.21. The summed E-state index contributed by atoms with van der Waals surface area (Å²) in [4.78, 5) is 13.1. The van der Waals surface area contributed by atoms with Gasteiger partial charge in [0.2, 0.25) is 0 Å². The van der Waals surface area contributed by atoms with Crippen molar-refractivity contribution in [1.82, 2.24) is 4.90 Å². The zero-order chi connectivity index (χ0) is 14.8. The van der Waals surface area contributed by atoms with Crippen LogP contribution in [0.15, 0.2) is 18.2 Å². The molecule has 20 heavy (non-hydrogen) atoms. The molecule has 0 aliphatic carbocycles. The molecule has 0 bridgehead atoms. The Morgan fingerprint density at radius 1 is 1.25 bits per heavy atom. The number of fused-ring (bicyclic) bond motifs is 1. The molecule has 4 nitrogen and oxygen atoms in total. The Bertz CT molecular complexity index is 502. The van der Waals surface area contributed by atoms with E-state index in [2.05, 4.69) is 0 Å². The van der Waals surface area contributed by atoms with Crippen LogP contribution in [-0.4, -0.2) is 43.8 Å².